The van der Waals surface area contributed by atoms with Crippen molar-refractivity contribution < 1.29 is 14.0 Å². The molecule has 26 heavy (non-hydrogen) atoms. The zero-order chi connectivity index (χ0) is 18.5. The molecule has 1 aliphatic heterocycles. The van der Waals surface area contributed by atoms with Gasteiger partial charge in [-0.25, -0.2) is 4.39 Å². The molecule has 2 amide bonds. The third-order valence-electron chi connectivity index (χ3n) is 4.66. The Bertz CT molecular complexity index is 790. The van der Waals surface area contributed by atoms with E-state index in [0.29, 0.717) is 31.5 Å². The third kappa shape index (κ3) is 4.69. The number of carbonyl (C=O) groups excluding carboxylic acids is 2. The van der Waals surface area contributed by atoms with Gasteiger partial charge in [0.15, 0.2) is 0 Å². The number of halogens is 1. The van der Waals surface area contributed by atoms with E-state index in [-0.39, 0.29) is 30.1 Å². The second-order valence-electron chi connectivity index (χ2n) is 6.65. The van der Waals surface area contributed by atoms with Gasteiger partial charge in [0, 0.05) is 41.4 Å². The molecule has 0 aliphatic carbocycles. The van der Waals surface area contributed by atoms with Gasteiger partial charge < -0.3 is 10.2 Å². The lowest BCUT2D eigenvalue weighted by atomic mass is 9.96. The standard InChI is InChI=1S/C20H23FN2O2S/c1-14-6-8-17(26-14)10-11-22-20(25)16-7-9-19(24)23(13-16)12-15-4-2-3-5-18(15)21/h2-6,8,16H,7,9-13H2,1H3,(H,22,25). The number of hydrogen-bond acceptors (Lipinski definition) is 3. The predicted molar refractivity (Wildman–Crippen MR) is 100 cm³/mol. The maximum Gasteiger partial charge on any atom is 0.224 e. The van der Waals surface area contributed by atoms with Crippen LogP contribution in [-0.4, -0.2) is 29.8 Å². The monoisotopic (exact) mass is 374 g/mol. The minimum Gasteiger partial charge on any atom is -0.355 e. The number of likely N-dealkylation sites (tertiary alicyclic amines) is 1. The molecule has 0 radical (unpaired) electrons. The minimum absolute atomic E-state index is 0.0219. The summed E-state index contributed by atoms with van der Waals surface area (Å²) in [6, 6.07) is 10.6. The van der Waals surface area contributed by atoms with Gasteiger partial charge >= 0.3 is 0 Å². The number of nitrogens with one attached hydrogen (secondary N) is 1. The lowest BCUT2D eigenvalue weighted by Crippen LogP contribution is -2.45. The van der Waals surface area contributed by atoms with Crippen molar-refractivity contribution in [2.75, 3.05) is 13.1 Å². The van der Waals surface area contributed by atoms with Gasteiger partial charge in [0.25, 0.3) is 0 Å². The van der Waals surface area contributed by atoms with Gasteiger partial charge in [-0.2, -0.15) is 0 Å². The van der Waals surface area contributed by atoms with E-state index in [4.69, 9.17) is 0 Å². The summed E-state index contributed by atoms with van der Waals surface area (Å²) in [6.45, 7) is 3.22. The Morgan fingerprint density at radius 1 is 1.31 bits per heavy atom. The highest BCUT2D eigenvalue weighted by Crippen LogP contribution is 2.21. The Balaban J connectivity index is 1.52. The Labute approximate surface area is 157 Å². The van der Waals surface area contributed by atoms with Crippen LogP contribution in [-0.2, 0) is 22.6 Å². The summed E-state index contributed by atoms with van der Waals surface area (Å²) in [4.78, 5) is 28.7. The minimum atomic E-state index is -0.321. The first-order valence-corrected chi connectivity index (χ1v) is 9.69. The Morgan fingerprint density at radius 2 is 2.12 bits per heavy atom. The summed E-state index contributed by atoms with van der Waals surface area (Å²) in [5, 5.41) is 2.98. The summed E-state index contributed by atoms with van der Waals surface area (Å²) >= 11 is 1.74. The van der Waals surface area contributed by atoms with E-state index in [1.54, 1.807) is 34.4 Å². The van der Waals surface area contributed by atoms with E-state index in [1.165, 1.54) is 15.8 Å². The van der Waals surface area contributed by atoms with Crippen molar-refractivity contribution in [2.24, 2.45) is 5.92 Å². The van der Waals surface area contributed by atoms with Crippen LogP contribution < -0.4 is 5.32 Å². The van der Waals surface area contributed by atoms with Crippen LogP contribution in [0.3, 0.4) is 0 Å². The lowest BCUT2D eigenvalue weighted by molar-refractivity contribution is -0.138. The molecule has 2 aromatic rings. The molecular formula is C20H23FN2O2S. The van der Waals surface area contributed by atoms with Gasteiger partial charge in [-0.3, -0.25) is 9.59 Å². The summed E-state index contributed by atoms with van der Waals surface area (Å²) in [5.74, 6) is -0.599. The summed E-state index contributed by atoms with van der Waals surface area (Å²) < 4.78 is 13.8. The Kier molecular flexibility index (Phi) is 6.04. The first-order valence-electron chi connectivity index (χ1n) is 8.87. The molecule has 0 spiro atoms. The average molecular weight is 374 g/mol. The molecular weight excluding hydrogens is 351 g/mol. The number of benzene rings is 1. The largest absolute Gasteiger partial charge is 0.355 e. The van der Waals surface area contributed by atoms with Crippen molar-refractivity contribution in [1.82, 2.24) is 10.2 Å². The van der Waals surface area contributed by atoms with Crippen LogP contribution in [0.25, 0.3) is 0 Å². The third-order valence-corrected chi connectivity index (χ3v) is 5.72. The topological polar surface area (TPSA) is 49.4 Å². The lowest BCUT2D eigenvalue weighted by Gasteiger charge is -2.32. The highest BCUT2D eigenvalue weighted by atomic mass is 32.1. The van der Waals surface area contributed by atoms with Crippen LogP contribution in [0.2, 0.25) is 0 Å². The molecule has 0 bridgehead atoms. The van der Waals surface area contributed by atoms with Crippen molar-refractivity contribution >= 4 is 23.2 Å². The molecule has 1 unspecified atom stereocenters. The normalized spacial score (nSPS) is 17.4. The molecule has 1 fully saturated rings. The fourth-order valence-electron chi connectivity index (χ4n) is 3.19. The second kappa shape index (κ2) is 8.45. The molecule has 1 atom stereocenters. The van der Waals surface area contributed by atoms with Gasteiger partial charge in [0.2, 0.25) is 11.8 Å². The second-order valence-corrected chi connectivity index (χ2v) is 8.03. The molecule has 1 aliphatic rings. The Morgan fingerprint density at radius 3 is 2.85 bits per heavy atom. The number of hydrogen-bond donors (Lipinski definition) is 1. The molecule has 4 nitrogen and oxygen atoms in total. The number of amides is 2. The molecule has 138 valence electrons. The van der Waals surface area contributed by atoms with E-state index in [2.05, 4.69) is 24.4 Å². The van der Waals surface area contributed by atoms with Crippen LogP contribution in [0.4, 0.5) is 4.39 Å². The van der Waals surface area contributed by atoms with Crippen LogP contribution in [0.1, 0.15) is 28.2 Å². The number of rotatable bonds is 6. The maximum atomic E-state index is 13.8. The van der Waals surface area contributed by atoms with Gasteiger partial charge in [0.05, 0.1) is 5.92 Å². The van der Waals surface area contributed by atoms with Gasteiger partial charge in [-0.05, 0) is 38.0 Å². The Hall–Kier alpha value is -2.21. The first-order chi connectivity index (χ1) is 12.5. The van der Waals surface area contributed by atoms with Crippen LogP contribution in [0, 0.1) is 18.7 Å². The summed E-state index contributed by atoms with van der Waals surface area (Å²) in [5.41, 5.74) is 0.481. The van der Waals surface area contributed by atoms with Gasteiger partial charge in [-0.1, -0.05) is 18.2 Å². The number of piperidine rings is 1. The summed E-state index contributed by atoms with van der Waals surface area (Å²) in [7, 11) is 0. The van der Waals surface area contributed by atoms with Gasteiger partial charge in [-0.15, -0.1) is 11.3 Å². The number of nitrogens with zero attached hydrogens (tertiary/aromatic N) is 1. The van der Waals surface area contributed by atoms with Crippen molar-refractivity contribution in [1.29, 1.82) is 0 Å². The molecule has 1 aromatic heterocycles. The van der Waals surface area contributed by atoms with E-state index < -0.39 is 0 Å². The molecule has 1 saturated heterocycles. The van der Waals surface area contributed by atoms with Crippen molar-refractivity contribution in [3.8, 4) is 0 Å². The fourth-order valence-corrected chi connectivity index (χ4v) is 4.08. The quantitative estimate of drug-likeness (QED) is 0.843. The predicted octanol–water partition coefficient (Wildman–Crippen LogP) is 3.29. The molecule has 2 heterocycles. The zero-order valence-corrected chi connectivity index (χ0v) is 15.7. The highest BCUT2D eigenvalue weighted by Gasteiger charge is 2.30. The smallest absolute Gasteiger partial charge is 0.224 e. The van der Waals surface area contributed by atoms with E-state index >= 15 is 0 Å². The number of carbonyl (C=O) groups is 2. The molecule has 6 heteroatoms. The SMILES string of the molecule is Cc1ccc(CCNC(=O)C2CCC(=O)N(Cc3ccccc3F)C2)s1. The van der Waals surface area contributed by atoms with E-state index in [1.807, 2.05) is 0 Å². The van der Waals surface area contributed by atoms with E-state index in [9.17, 15) is 14.0 Å². The molecule has 1 N–H and O–H groups in total. The fraction of sp³-hybridized carbons (Fsp3) is 0.400. The van der Waals surface area contributed by atoms with Crippen LogP contribution in [0.15, 0.2) is 36.4 Å². The van der Waals surface area contributed by atoms with Crippen molar-refractivity contribution in [3.63, 3.8) is 0 Å². The molecule has 0 saturated carbocycles. The number of thiophene rings is 1. The molecule has 3 rings (SSSR count). The zero-order valence-electron chi connectivity index (χ0n) is 14.8. The molecule has 1 aromatic carbocycles. The average Bonchev–Trinajstić information content (AvgIpc) is 3.04. The van der Waals surface area contributed by atoms with Gasteiger partial charge in [0.1, 0.15) is 5.82 Å². The van der Waals surface area contributed by atoms with Crippen molar-refractivity contribution in [2.45, 2.75) is 32.7 Å². The van der Waals surface area contributed by atoms with Crippen LogP contribution in [0.5, 0.6) is 0 Å². The summed E-state index contributed by atoms with van der Waals surface area (Å²) in [6.07, 6.45) is 1.70. The van der Waals surface area contributed by atoms with Crippen molar-refractivity contribution in [3.05, 3.63) is 57.5 Å². The van der Waals surface area contributed by atoms with E-state index in [0.717, 1.165) is 6.42 Å². The first kappa shape index (κ1) is 18.6. The number of aryl methyl sites for hydroxylation is 1. The highest BCUT2D eigenvalue weighted by molar-refractivity contribution is 7.11. The van der Waals surface area contributed by atoms with Crippen LogP contribution >= 0.6 is 11.3 Å². The maximum absolute atomic E-state index is 13.8.